The first-order chi connectivity index (χ1) is 12.7. The third-order valence-electron chi connectivity index (χ3n) is 4.39. The fourth-order valence-corrected chi connectivity index (χ4v) is 3.84. The van der Waals surface area contributed by atoms with Gasteiger partial charge in [-0.2, -0.15) is 11.8 Å². The van der Waals surface area contributed by atoms with Crippen LogP contribution in [0, 0.1) is 0 Å². The Morgan fingerprint density at radius 1 is 1.23 bits per heavy atom. The molecule has 0 saturated carbocycles. The number of benzene rings is 1. The van der Waals surface area contributed by atoms with Crippen LogP contribution in [0.15, 0.2) is 48.8 Å². The van der Waals surface area contributed by atoms with Crippen molar-refractivity contribution in [1.29, 1.82) is 0 Å². The number of rotatable bonds is 7. The Morgan fingerprint density at radius 2 is 2.00 bits per heavy atom. The van der Waals surface area contributed by atoms with Gasteiger partial charge in [0.05, 0.1) is 12.1 Å². The van der Waals surface area contributed by atoms with Crippen LogP contribution in [-0.2, 0) is 10.5 Å². The summed E-state index contributed by atoms with van der Waals surface area (Å²) in [6, 6.07) is 11.9. The molecule has 2 atom stereocenters. The lowest BCUT2D eigenvalue weighted by Crippen LogP contribution is -2.51. The minimum Gasteiger partial charge on any atom is -0.389 e. The second kappa shape index (κ2) is 9.54. The average Bonchev–Trinajstić information content (AvgIpc) is 2.68. The molecule has 1 amide bonds. The summed E-state index contributed by atoms with van der Waals surface area (Å²) < 4.78 is 0. The molecule has 0 unspecified atom stereocenters. The highest BCUT2D eigenvalue weighted by Crippen LogP contribution is 2.17. The van der Waals surface area contributed by atoms with E-state index in [1.807, 2.05) is 18.2 Å². The van der Waals surface area contributed by atoms with Gasteiger partial charge in [0.15, 0.2) is 0 Å². The molecular formula is C19H24N4O2S. The molecule has 0 radical (unpaired) electrons. The van der Waals surface area contributed by atoms with Gasteiger partial charge in [-0.3, -0.25) is 4.79 Å². The molecule has 1 aromatic carbocycles. The fourth-order valence-electron chi connectivity index (χ4n) is 2.95. The van der Waals surface area contributed by atoms with Crippen molar-refractivity contribution in [2.45, 2.75) is 30.7 Å². The Hall–Kier alpha value is -2.12. The van der Waals surface area contributed by atoms with Crippen molar-refractivity contribution >= 4 is 23.6 Å². The summed E-state index contributed by atoms with van der Waals surface area (Å²) in [6.45, 7) is 0.996. The zero-order valence-electron chi connectivity index (χ0n) is 14.6. The molecule has 1 fully saturated rings. The number of amides is 1. The highest BCUT2D eigenvalue weighted by Gasteiger charge is 2.30. The van der Waals surface area contributed by atoms with Crippen LogP contribution in [0.3, 0.4) is 0 Å². The summed E-state index contributed by atoms with van der Waals surface area (Å²) in [5.41, 5.74) is 1.27. The number of anilines is 1. The molecule has 1 aliphatic heterocycles. The number of thioether (sulfide) groups is 1. The van der Waals surface area contributed by atoms with E-state index in [4.69, 9.17) is 0 Å². The first-order valence-corrected chi connectivity index (χ1v) is 9.99. The van der Waals surface area contributed by atoms with Crippen molar-refractivity contribution in [2.75, 3.05) is 24.2 Å². The van der Waals surface area contributed by atoms with Crippen LogP contribution in [0.4, 0.5) is 5.95 Å². The summed E-state index contributed by atoms with van der Waals surface area (Å²) in [5, 5.41) is 13.5. The van der Waals surface area contributed by atoms with Crippen molar-refractivity contribution in [3.8, 4) is 0 Å². The van der Waals surface area contributed by atoms with Crippen LogP contribution in [0.25, 0.3) is 0 Å². The van der Waals surface area contributed by atoms with Crippen LogP contribution in [0.1, 0.15) is 18.4 Å². The van der Waals surface area contributed by atoms with E-state index in [1.165, 1.54) is 5.56 Å². The number of β-amino-alcohol motifs (C(OH)–C–C–N with tert-alkyl or cyclic N) is 1. The van der Waals surface area contributed by atoms with E-state index in [2.05, 4.69) is 27.4 Å². The zero-order valence-corrected chi connectivity index (χ0v) is 15.4. The van der Waals surface area contributed by atoms with E-state index in [9.17, 15) is 9.90 Å². The van der Waals surface area contributed by atoms with E-state index >= 15 is 0 Å². The highest BCUT2D eigenvalue weighted by molar-refractivity contribution is 7.98. The average molecular weight is 372 g/mol. The minimum atomic E-state index is -0.617. The molecule has 26 heavy (non-hydrogen) atoms. The zero-order chi connectivity index (χ0) is 18.2. The first kappa shape index (κ1) is 18.7. The van der Waals surface area contributed by atoms with Crippen LogP contribution >= 0.6 is 11.8 Å². The lowest BCUT2D eigenvalue weighted by Gasteiger charge is -2.36. The van der Waals surface area contributed by atoms with E-state index in [-0.39, 0.29) is 11.9 Å². The Kier molecular flexibility index (Phi) is 6.85. The van der Waals surface area contributed by atoms with Gasteiger partial charge in [-0.25, -0.2) is 9.97 Å². The van der Waals surface area contributed by atoms with E-state index in [1.54, 1.807) is 35.1 Å². The summed E-state index contributed by atoms with van der Waals surface area (Å²) in [4.78, 5) is 22.4. The maximum absolute atomic E-state index is 12.4. The number of carbonyl (C=O) groups excluding carboxylic acids is 1. The van der Waals surface area contributed by atoms with Gasteiger partial charge in [0.1, 0.15) is 0 Å². The topological polar surface area (TPSA) is 78.4 Å². The van der Waals surface area contributed by atoms with Crippen LogP contribution in [-0.4, -0.2) is 56.9 Å². The number of carbonyl (C=O) groups is 1. The highest BCUT2D eigenvalue weighted by atomic mass is 32.2. The molecule has 1 aliphatic rings. The predicted octanol–water partition coefficient (Wildman–Crippen LogP) is 2.17. The minimum absolute atomic E-state index is 0.110. The van der Waals surface area contributed by atoms with Crippen molar-refractivity contribution < 1.29 is 9.90 Å². The van der Waals surface area contributed by atoms with Gasteiger partial charge in [0.2, 0.25) is 11.9 Å². The molecule has 6 nitrogen and oxygen atoms in total. The molecule has 3 rings (SSSR count). The lowest BCUT2D eigenvalue weighted by molar-refractivity contribution is -0.133. The van der Waals surface area contributed by atoms with Crippen molar-refractivity contribution in [3.63, 3.8) is 0 Å². The van der Waals surface area contributed by atoms with Gasteiger partial charge >= 0.3 is 0 Å². The third kappa shape index (κ3) is 5.44. The number of nitrogens with zero attached hydrogens (tertiary/aromatic N) is 3. The molecule has 2 heterocycles. The summed E-state index contributed by atoms with van der Waals surface area (Å²) in [5.74, 6) is 2.33. The smallest absolute Gasteiger partial charge is 0.223 e. The Balaban J connectivity index is 1.38. The van der Waals surface area contributed by atoms with Crippen LogP contribution in [0.5, 0.6) is 0 Å². The number of likely N-dealkylation sites (tertiary alicyclic amines) is 1. The van der Waals surface area contributed by atoms with Crippen molar-refractivity contribution in [2.24, 2.45) is 0 Å². The Labute approximate surface area is 158 Å². The molecule has 0 bridgehead atoms. The van der Waals surface area contributed by atoms with Gasteiger partial charge in [-0.15, -0.1) is 0 Å². The molecule has 1 saturated heterocycles. The number of aromatic nitrogens is 2. The molecule has 0 spiro atoms. The summed E-state index contributed by atoms with van der Waals surface area (Å²) in [7, 11) is 0. The second-order valence-electron chi connectivity index (χ2n) is 6.31. The van der Waals surface area contributed by atoms with Gasteiger partial charge in [0.25, 0.3) is 0 Å². The molecule has 2 aromatic rings. The van der Waals surface area contributed by atoms with Crippen LogP contribution in [0.2, 0.25) is 0 Å². The summed E-state index contributed by atoms with van der Waals surface area (Å²) >= 11 is 1.76. The van der Waals surface area contributed by atoms with E-state index < -0.39 is 6.10 Å². The largest absolute Gasteiger partial charge is 0.389 e. The molecular weight excluding hydrogens is 348 g/mol. The van der Waals surface area contributed by atoms with E-state index in [0.717, 1.165) is 11.5 Å². The number of hydrogen-bond donors (Lipinski definition) is 2. The maximum Gasteiger partial charge on any atom is 0.223 e. The second-order valence-corrected chi connectivity index (χ2v) is 7.41. The molecule has 0 aliphatic carbocycles. The monoisotopic (exact) mass is 372 g/mol. The van der Waals surface area contributed by atoms with Crippen LogP contribution < -0.4 is 5.32 Å². The SMILES string of the molecule is O=C(CCSCc1ccccc1)N1CC[C@@H](Nc2ncccn2)[C@H](O)C1. The van der Waals surface area contributed by atoms with Gasteiger partial charge in [0, 0.05) is 43.4 Å². The normalized spacial score (nSPS) is 20.0. The van der Waals surface area contributed by atoms with Gasteiger partial charge in [-0.05, 0) is 18.1 Å². The Morgan fingerprint density at radius 3 is 2.73 bits per heavy atom. The number of nitrogens with one attached hydrogen (secondary N) is 1. The molecule has 7 heteroatoms. The molecule has 2 N–H and O–H groups in total. The molecule has 1 aromatic heterocycles. The van der Waals surface area contributed by atoms with Crippen molar-refractivity contribution in [1.82, 2.24) is 14.9 Å². The first-order valence-electron chi connectivity index (χ1n) is 8.83. The maximum atomic E-state index is 12.4. The van der Waals surface area contributed by atoms with Gasteiger partial charge < -0.3 is 15.3 Å². The Bertz CT molecular complexity index is 686. The number of aliphatic hydroxyl groups is 1. The third-order valence-corrected chi connectivity index (χ3v) is 5.42. The number of aliphatic hydroxyl groups excluding tert-OH is 1. The van der Waals surface area contributed by atoms with Gasteiger partial charge in [-0.1, -0.05) is 30.3 Å². The summed E-state index contributed by atoms with van der Waals surface area (Å²) in [6.07, 6.45) is 3.89. The van der Waals surface area contributed by atoms with E-state index in [0.29, 0.717) is 31.9 Å². The predicted molar refractivity (Wildman–Crippen MR) is 104 cm³/mol. The molecule has 138 valence electrons. The number of piperidine rings is 1. The standard InChI is InChI=1S/C19H24N4O2S/c24-17-13-23(11-7-16(17)22-19-20-9-4-10-21-19)18(25)8-12-26-14-15-5-2-1-3-6-15/h1-6,9-10,16-17,24H,7-8,11-14H2,(H,20,21,22)/t16-,17-/m1/s1. The quantitative estimate of drug-likeness (QED) is 0.726. The van der Waals surface area contributed by atoms with Crippen molar-refractivity contribution in [3.05, 3.63) is 54.4 Å². The lowest BCUT2D eigenvalue weighted by atomic mass is 10.0. The fraction of sp³-hybridized carbons (Fsp3) is 0.421. The number of hydrogen-bond acceptors (Lipinski definition) is 6.